The van der Waals surface area contributed by atoms with Crippen LogP contribution >= 0.6 is 0 Å². The number of hydrogen-bond donors (Lipinski definition) is 5. The van der Waals surface area contributed by atoms with E-state index in [1.165, 1.54) is 7.11 Å². The zero-order valence-corrected chi connectivity index (χ0v) is 7.87. The SMILES string of the molecule is COC1(CO)CC(O)[C@@H](O)[C@H](O)C1O. The van der Waals surface area contributed by atoms with Crippen molar-refractivity contribution in [3.63, 3.8) is 0 Å². The first-order valence-corrected chi connectivity index (χ1v) is 4.37. The summed E-state index contributed by atoms with van der Waals surface area (Å²) in [5, 5.41) is 46.6. The molecule has 3 unspecified atom stereocenters. The Balaban J connectivity index is 2.88. The highest BCUT2D eigenvalue weighted by atomic mass is 16.5. The molecule has 1 saturated carbocycles. The predicted octanol–water partition coefficient (Wildman–Crippen LogP) is -2.79. The molecule has 0 aromatic heterocycles. The van der Waals surface area contributed by atoms with Gasteiger partial charge in [-0.2, -0.15) is 0 Å². The van der Waals surface area contributed by atoms with Gasteiger partial charge in [-0.1, -0.05) is 0 Å². The van der Waals surface area contributed by atoms with Crippen LogP contribution in [0.4, 0.5) is 0 Å². The van der Waals surface area contributed by atoms with Crippen molar-refractivity contribution < 1.29 is 30.3 Å². The minimum Gasteiger partial charge on any atom is -0.393 e. The van der Waals surface area contributed by atoms with Crippen LogP contribution in [-0.4, -0.2) is 69.3 Å². The van der Waals surface area contributed by atoms with E-state index in [-0.39, 0.29) is 6.42 Å². The molecule has 1 rings (SSSR count). The first kappa shape index (κ1) is 11.8. The molecule has 0 amide bonds. The number of aliphatic hydroxyl groups excluding tert-OH is 5. The van der Waals surface area contributed by atoms with Crippen LogP contribution in [0.1, 0.15) is 6.42 Å². The number of rotatable bonds is 2. The van der Waals surface area contributed by atoms with Crippen LogP contribution in [-0.2, 0) is 4.74 Å². The molecule has 0 heterocycles. The molecular formula is C8H16O6. The molecule has 14 heavy (non-hydrogen) atoms. The minimum atomic E-state index is -1.52. The summed E-state index contributed by atoms with van der Waals surface area (Å²) >= 11 is 0. The van der Waals surface area contributed by atoms with E-state index >= 15 is 0 Å². The quantitative estimate of drug-likeness (QED) is 0.335. The average Bonchev–Trinajstić information content (AvgIpc) is 2.21. The van der Waals surface area contributed by atoms with Crippen molar-refractivity contribution in [1.82, 2.24) is 0 Å². The molecule has 0 aliphatic heterocycles. The van der Waals surface area contributed by atoms with Gasteiger partial charge in [-0.15, -0.1) is 0 Å². The number of hydrogen-bond acceptors (Lipinski definition) is 6. The van der Waals surface area contributed by atoms with E-state index in [1.807, 2.05) is 0 Å². The third-order valence-corrected chi connectivity index (χ3v) is 2.84. The fourth-order valence-electron chi connectivity index (χ4n) is 1.75. The zero-order chi connectivity index (χ0) is 10.9. The van der Waals surface area contributed by atoms with Crippen LogP contribution in [0.3, 0.4) is 0 Å². The van der Waals surface area contributed by atoms with Crippen molar-refractivity contribution in [3.8, 4) is 0 Å². The van der Waals surface area contributed by atoms with Gasteiger partial charge < -0.3 is 30.3 Å². The third-order valence-electron chi connectivity index (χ3n) is 2.84. The van der Waals surface area contributed by atoms with Crippen LogP contribution in [0.15, 0.2) is 0 Å². The van der Waals surface area contributed by atoms with Crippen molar-refractivity contribution in [2.45, 2.75) is 36.4 Å². The average molecular weight is 208 g/mol. The number of aliphatic hydroxyl groups is 5. The molecule has 5 atom stereocenters. The van der Waals surface area contributed by atoms with Crippen LogP contribution < -0.4 is 0 Å². The Morgan fingerprint density at radius 3 is 2.21 bits per heavy atom. The van der Waals surface area contributed by atoms with Crippen molar-refractivity contribution in [2.24, 2.45) is 0 Å². The molecule has 84 valence electrons. The van der Waals surface area contributed by atoms with Gasteiger partial charge in [0.25, 0.3) is 0 Å². The first-order valence-electron chi connectivity index (χ1n) is 4.37. The molecule has 1 aliphatic carbocycles. The van der Waals surface area contributed by atoms with E-state index in [0.29, 0.717) is 0 Å². The smallest absolute Gasteiger partial charge is 0.122 e. The van der Waals surface area contributed by atoms with Gasteiger partial charge in [-0.3, -0.25) is 0 Å². The Kier molecular flexibility index (Phi) is 3.46. The van der Waals surface area contributed by atoms with Crippen molar-refractivity contribution in [3.05, 3.63) is 0 Å². The number of ether oxygens (including phenoxy) is 1. The fourth-order valence-corrected chi connectivity index (χ4v) is 1.75. The van der Waals surface area contributed by atoms with Gasteiger partial charge in [0.1, 0.15) is 23.9 Å². The standard InChI is InChI=1S/C8H16O6/c1-14-8(3-9)2-4(10)5(11)6(12)7(8)13/h4-7,9-13H,2-3H2,1H3/t4?,5-,6+,7?,8?/m1/s1. The summed E-state index contributed by atoms with van der Waals surface area (Å²) < 4.78 is 4.90. The molecule has 0 spiro atoms. The second-order valence-corrected chi connectivity index (χ2v) is 3.62. The zero-order valence-electron chi connectivity index (χ0n) is 7.87. The Labute approximate surface area is 81.4 Å². The van der Waals surface area contributed by atoms with Gasteiger partial charge in [-0.25, -0.2) is 0 Å². The molecule has 0 aromatic rings. The number of methoxy groups -OCH3 is 1. The topological polar surface area (TPSA) is 110 Å². The van der Waals surface area contributed by atoms with E-state index in [1.54, 1.807) is 0 Å². The highest BCUT2D eigenvalue weighted by molar-refractivity contribution is 5.03. The van der Waals surface area contributed by atoms with E-state index < -0.39 is 36.6 Å². The first-order chi connectivity index (χ1) is 6.48. The summed E-state index contributed by atoms with van der Waals surface area (Å²) in [4.78, 5) is 0. The summed E-state index contributed by atoms with van der Waals surface area (Å²) in [5.74, 6) is 0. The third kappa shape index (κ3) is 1.65. The highest BCUT2D eigenvalue weighted by Gasteiger charge is 2.52. The molecule has 0 radical (unpaired) electrons. The van der Waals surface area contributed by atoms with Gasteiger partial charge in [-0.05, 0) is 0 Å². The molecule has 6 nitrogen and oxygen atoms in total. The maximum absolute atomic E-state index is 9.57. The van der Waals surface area contributed by atoms with Crippen LogP contribution in [0, 0.1) is 0 Å². The lowest BCUT2D eigenvalue weighted by Gasteiger charge is -2.45. The van der Waals surface area contributed by atoms with Gasteiger partial charge in [0, 0.05) is 13.5 Å². The van der Waals surface area contributed by atoms with E-state index in [4.69, 9.17) is 9.84 Å². The minimum absolute atomic E-state index is 0.126. The van der Waals surface area contributed by atoms with Crippen molar-refractivity contribution >= 4 is 0 Å². The Morgan fingerprint density at radius 1 is 1.21 bits per heavy atom. The largest absolute Gasteiger partial charge is 0.393 e. The summed E-state index contributed by atoms with van der Waals surface area (Å²) in [6.07, 6.45) is -5.71. The van der Waals surface area contributed by atoms with E-state index in [2.05, 4.69) is 0 Å². The molecule has 5 N–H and O–H groups in total. The van der Waals surface area contributed by atoms with Crippen molar-refractivity contribution in [1.29, 1.82) is 0 Å². The lowest BCUT2D eigenvalue weighted by molar-refractivity contribution is -0.238. The second kappa shape index (κ2) is 4.09. The van der Waals surface area contributed by atoms with E-state index in [9.17, 15) is 20.4 Å². The Bertz CT molecular complexity index is 192. The summed E-state index contributed by atoms with van der Waals surface area (Å²) in [7, 11) is 1.26. The van der Waals surface area contributed by atoms with Gasteiger partial charge in [0.15, 0.2) is 0 Å². The lowest BCUT2D eigenvalue weighted by atomic mass is 9.77. The maximum atomic E-state index is 9.57. The second-order valence-electron chi connectivity index (χ2n) is 3.62. The molecule has 0 saturated heterocycles. The van der Waals surface area contributed by atoms with Crippen LogP contribution in [0.2, 0.25) is 0 Å². The van der Waals surface area contributed by atoms with Crippen LogP contribution in [0.25, 0.3) is 0 Å². The molecule has 1 aliphatic rings. The molecule has 1 fully saturated rings. The maximum Gasteiger partial charge on any atom is 0.122 e. The lowest BCUT2D eigenvalue weighted by Crippen LogP contribution is -2.64. The van der Waals surface area contributed by atoms with Gasteiger partial charge >= 0.3 is 0 Å². The normalized spacial score (nSPS) is 49.3. The van der Waals surface area contributed by atoms with Gasteiger partial charge in [0.2, 0.25) is 0 Å². The molecule has 0 bridgehead atoms. The predicted molar refractivity (Wildman–Crippen MR) is 45.5 cm³/mol. The van der Waals surface area contributed by atoms with E-state index in [0.717, 1.165) is 0 Å². The Hall–Kier alpha value is -0.240. The van der Waals surface area contributed by atoms with Crippen molar-refractivity contribution in [2.75, 3.05) is 13.7 Å². The summed E-state index contributed by atoms with van der Waals surface area (Å²) in [6.45, 7) is -0.536. The highest BCUT2D eigenvalue weighted by Crippen LogP contribution is 2.31. The molecular weight excluding hydrogens is 192 g/mol. The monoisotopic (exact) mass is 208 g/mol. The summed E-state index contributed by atoms with van der Waals surface area (Å²) in [5.41, 5.74) is -1.40. The van der Waals surface area contributed by atoms with Gasteiger partial charge in [0.05, 0.1) is 12.7 Å². The molecule has 0 aromatic carbocycles. The Morgan fingerprint density at radius 2 is 1.79 bits per heavy atom. The summed E-state index contributed by atoms with van der Waals surface area (Å²) in [6, 6.07) is 0. The molecule has 6 heteroatoms. The van der Waals surface area contributed by atoms with Crippen LogP contribution in [0.5, 0.6) is 0 Å². The fraction of sp³-hybridized carbons (Fsp3) is 1.00.